The van der Waals surface area contributed by atoms with Gasteiger partial charge in [-0.1, -0.05) is 0 Å². The first-order valence-corrected chi connectivity index (χ1v) is 8.83. The average Bonchev–Trinajstić information content (AvgIpc) is 2.60. The molecule has 0 aromatic heterocycles. The summed E-state index contributed by atoms with van der Waals surface area (Å²) in [5.74, 6) is -6.42. The summed E-state index contributed by atoms with van der Waals surface area (Å²) in [5.41, 5.74) is 10.4. The van der Waals surface area contributed by atoms with Crippen LogP contribution in [0.25, 0.3) is 0 Å². The Morgan fingerprint density at radius 3 is 1.90 bits per heavy atom. The highest BCUT2D eigenvalue weighted by Crippen LogP contribution is 2.02. The third-order valence-electron chi connectivity index (χ3n) is 3.84. The molecule has 14 nitrogen and oxygen atoms in total. The van der Waals surface area contributed by atoms with E-state index in [0.717, 1.165) is 6.92 Å². The summed E-state index contributed by atoms with van der Waals surface area (Å²) in [6, 6.07) is -5.69. The van der Waals surface area contributed by atoms with Gasteiger partial charge in [0.1, 0.15) is 12.1 Å². The maximum atomic E-state index is 12.4. The van der Waals surface area contributed by atoms with Crippen LogP contribution in [-0.4, -0.2) is 81.2 Å². The molecule has 0 aliphatic carbocycles. The number of carboxylic acid groups (broad SMARTS) is 2. The van der Waals surface area contributed by atoms with Crippen molar-refractivity contribution in [3.05, 3.63) is 0 Å². The first-order chi connectivity index (χ1) is 13.8. The SMILES string of the molecule is CC(NC(=O)C(CCC(=O)O)NC(=O)C(N)CC(N)=O)C(=O)NC(C(=O)O)C(C)O. The van der Waals surface area contributed by atoms with Crippen LogP contribution >= 0.6 is 0 Å². The molecule has 0 radical (unpaired) electrons. The molecule has 0 spiro atoms. The maximum absolute atomic E-state index is 12.4. The van der Waals surface area contributed by atoms with E-state index in [-0.39, 0.29) is 6.42 Å². The van der Waals surface area contributed by atoms with Crippen LogP contribution in [0.1, 0.15) is 33.1 Å². The van der Waals surface area contributed by atoms with Gasteiger partial charge in [-0.2, -0.15) is 0 Å². The standard InChI is InChI=1S/C16H27N5O9/c1-6(13(26)21-12(7(2)22)16(29)30)19-15(28)9(3-4-11(24)25)20-14(27)8(17)5-10(18)23/h6-9,12,22H,3-5,17H2,1-2H3,(H2,18,23)(H,19,28)(H,20,27)(H,21,26)(H,24,25)(H,29,30). The molecule has 5 atom stereocenters. The Balaban J connectivity index is 5.15. The van der Waals surface area contributed by atoms with Crippen molar-refractivity contribution >= 4 is 35.6 Å². The molecule has 0 saturated carbocycles. The molecule has 4 amide bonds. The van der Waals surface area contributed by atoms with Crippen molar-refractivity contribution in [3.63, 3.8) is 0 Å². The molecule has 170 valence electrons. The normalized spacial score (nSPS) is 15.6. The predicted octanol–water partition coefficient (Wildman–Crippen LogP) is -4.01. The quantitative estimate of drug-likeness (QED) is 0.140. The molecular weight excluding hydrogens is 406 g/mol. The number of hydrogen-bond donors (Lipinski definition) is 8. The molecule has 0 rings (SSSR count). The van der Waals surface area contributed by atoms with Crippen LogP contribution in [0.15, 0.2) is 0 Å². The predicted molar refractivity (Wildman–Crippen MR) is 99.4 cm³/mol. The highest BCUT2D eigenvalue weighted by molar-refractivity contribution is 5.95. The number of primary amides is 1. The Labute approximate surface area is 171 Å². The number of rotatable bonds is 13. The van der Waals surface area contributed by atoms with E-state index in [0.29, 0.717) is 0 Å². The number of carboxylic acids is 2. The Morgan fingerprint density at radius 1 is 0.900 bits per heavy atom. The Hall–Kier alpha value is -3.26. The zero-order chi connectivity index (χ0) is 23.6. The maximum Gasteiger partial charge on any atom is 0.328 e. The molecule has 0 aromatic carbocycles. The number of aliphatic hydroxyl groups is 1. The van der Waals surface area contributed by atoms with E-state index in [9.17, 15) is 33.9 Å². The van der Waals surface area contributed by atoms with Crippen LogP contribution in [0.5, 0.6) is 0 Å². The van der Waals surface area contributed by atoms with Gasteiger partial charge in [0, 0.05) is 6.42 Å². The van der Waals surface area contributed by atoms with E-state index in [2.05, 4.69) is 10.6 Å². The fraction of sp³-hybridized carbons (Fsp3) is 0.625. The van der Waals surface area contributed by atoms with Gasteiger partial charge < -0.3 is 42.7 Å². The molecule has 0 saturated heterocycles. The molecule has 5 unspecified atom stereocenters. The van der Waals surface area contributed by atoms with Crippen molar-refractivity contribution in [1.82, 2.24) is 16.0 Å². The fourth-order valence-electron chi connectivity index (χ4n) is 2.17. The Bertz CT molecular complexity index is 682. The van der Waals surface area contributed by atoms with Crippen molar-refractivity contribution in [1.29, 1.82) is 0 Å². The molecule has 14 heteroatoms. The second-order valence-corrected chi connectivity index (χ2v) is 6.57. The number of aliphatic carboxylic acids is 2. The smallest absolute Gasteiger partial charge is 0.328 e. The minimum atomic E-state index is -1.62. The van der Waals surface area contributed by atoms with Gasteiger partial charge in [-0.05, 0) is 20.3 Å². The van der Waals surface area contributed by atoms with Gasteiger partial charge in [-0.15, -0.1) is 0 Å². The Morgan fingerprint density at radius 2 is 1.47 bits per heavy atom. The van der Waals surface area contributed by atoms with Gasteiger partial charge in [0.15, 0.2) is 6.04 Å². The topological polar surface area (TPSA) is 251 Å². The minimum absolute atomic E-state index is 0.351. The lowest BCUT2D eigenvalue weighted by molar-refractivity contribution is -0.145. The van der Waals surface area contributed by atoms with Crippen molar-refractivity contribution in [2.75, 3.05) is 0 Å². The van der Waals surface area contributed by atoms with E-state index in [1.54, 1.807) is 0 Å². The first kappa shape index (κ1) is 26.7. The second kappa shape index (κ2) is 12.3. The summed E-state index contributed by atoms with van der Waals surface area (Å²) in [7, 11) is 0. The summed E-state index contributed by atoms with van der Waals surface area (Å²) < 4.78 is 0. The van der Waals surface area contributed by atoms with Gasteiger partial charge in [0.2, 0.25) is 23.6 Å². The third-order valence-corrected chi connectivity index (χ3v) is 3.84. The van der Waals surface area contributed by atoms with Crippen LogP contribution in [-0.2, 0) is 28.8 Å². The average molecular weight is 433 g/mol. The van der Waals surface area contributed by atoms with Gasteiger partial charge in [-0.25, -0.2) is 4.79 Å². The van der Waals surface area contributed by atoms with Crippen molar-refractivity contribution < 1.29 is 44.1 Å². The fourth-order valence-corrected chi connectivity index (χ4v) is 2.17. The molecule has 10 N–H and O–H groups in total. The Kier molecular flexibility index (Phi) is 11.0. The number of aliphatic hydroxyl groups excluding tert-OH is 1. The summed E-state index contributed by atoms with van der Waals surface area (Å²) in [5, 5.41) is 33.6. The third kappa shape index (κ3) is 9.79. The summed E-state index contributed by atoms with van der Waals surface area (Å²) in [6.07, 6.45) is -2.78. The molecule has 0 bridgehead atoms. The van der Waals surface area contributed by atoms with Crippen molar-refractivity contribution in [2.45, 2.75) is 63.4 Å². The zero-order valence-electron chi connectivity index (χ0n) is 16.5. The number of nitrogens with two attached hydrogens (primary N) is 2. The summed E-state index contributed by atoms with van der Waals surface area (Å²) in [6.45, 7) is 2.36. The van der Waals surface area contributed by atoms with Crippen molar-refractivity contribution in [3.8, 4) is 0 Å². The number of carbonyl (C=O) groups is 6. The first-order valence-electron chi connectivity index (χ1n) is 8.83. The van der Waals surface area contributed by atoms with E-state index >= 15 is 0 Å². The van der Waals surface area contributed by atoms with Crippen LogP contribution in [0, 0.1) is 0 Å². The molecule has 0 aromatic rings. The zero-order valence-corrected chi connectivity index (χ0v) is 16.5. The molecule has 0 fully saturated rings. The van der Waals surface area contributed by atoms with E-state index in [4.69, 9.17) is 21.7 Å². The van der Waals surface area contributed by atoms with Gasteiger partial charge >= 0.3 is 11.9 Å². The highest BCUT2D eigenvalue weighted by Gasteiger charge is 2.30. The molecule has 30 heavy (non-hydrogen) atoms. The lowest BCUT2D eigenvalue weighted by Crippen LogP contribution is -2.57. The minimum Gasteiger partial charge on any atom is -0.481 e. The van der Waals surface area contributed by atoms with Gasteiger partial charge in [0.05, 0.1) is 18.6 Å². The van der Waals surface area contributed by atoms with E-state index in [1.807, 2.05) is 5.32 Å². The monoisotopic (exact) mass is 433 g/mol. The van der Waals surface area contributed by atoms with Gasteiger partial charge in [0.25, 0.3) is 0 Å². The van der Waals surface area contributed by atoms with Gasteiger partial charge in [-0.3, -0.25) is 24.0 Å². The van der Waals surface area contributed by atoms with Crippen LogP contribution in [0.3, 0.4) is 0 Å². The van der Waals surface area contributed by atoms with Crippen LogP contribution in [0.4, 0.5) is 0 Å². The second-order valence-electron chi connectivity index (χ2n) is 6.57. The highest BCUT2D eigenvalue weighted by atomic mass is 16.4. The molecule has 0 aliphatic heterocycles. The largest absolute Gasteiger partial charge is 0.481 e. The lowest BCUT2D eigenvalue weighted by Gasteiger charge is -2.23. The number of amides is 4. The van der Waals surface area contributed by atoms with Crippen LogP contribution in [0.2, 0.25) is 0 Å². The van der Waals surface area contributed by atoms with Crippen LogP contribution < -0.4 is 27.4 Å². The van der Waals surface area contributed by atoms with Crippen molar-refractivity contribution in [2.24, 2.45) is 11.5 Å². The molecule has 0 aliphatic rings. The number of carbonyl (C=O) groups excluding carboxylic acids is 4. The van der Waals surface area contributed by atoms with E-state index < -0.39 is 78.7 Å². The van der Waals surface area contributed by atoms with E-state index in [1.165, 1.54) is 6.92 Å². The molecule has 0 heterocycles. The summed E-state index contributed by atoms with van der Waals surface area (Å²) >= 11 is 0. The number of nitrogens with one attached hydrogen (secondary N) is 3. The summed E-state index contributed by atoms with van der Waals surface area (Å²) in [4.78, 5) is 69.2. The molecular formula is C16H27N5O9. The lowest BCUT2D eigenvalue weighted by atomic mass is 10.1. The number of hydrogen-bond acceptors (Lipinski definition) is 8.